The van der Waals surface area contributed by atoms with Crippen LogP contribution in [0.1, 0.15) is 42.6 Å². The molecule has 2 N–H and O–H groups in total. The van der Waals surface area contributed by atoms with Gasteiger partial charge >= 0.3 is 0 Å². The van der Waals surface area contributed by atoms with E-state index in [-0.39, 0.29) is 29.7 Å². The molecule has 0 amide bonds. The Hall–Kier alpha value is -3.69. The van der Waals surface area contributed by atoms with E-state index in [0.29, 0.717) is 24.8 Å². The zero-order chi connectivity index (χ0) is 25.9. The summed E-state index contributed by atoms with van der Waals surface area (Å²) in [6, 6.07) is 7.71. The molecule has 1 aliphatic rings. The fourth-order valence-electron chi connectivity index (χ4n) is 5.00. The van der Waals surface area contributed by atoms with E-state index >= 15 is 0 Å². The van der Waals surface area contributed by atoms with Crippen molar-refractivity contribution in [2.45, 2.75) is 38.1 Å². The molecule has 0 radical (unpaired) electrons. The molecule has 0 unspecified atom stereocenters. The number of hydrogen-bond acceptors (Lipinski definition) is 6. The summed E-state index contributed by atoms with van der Waals surface area (Å²) in [7, 11) is 1.53. The zero-order valence-corrected chi connectivity index (χ0v) is 20.8. The van der Waals surface area contributed by atoms with Gasteiger partial charge in [0.25, 0.3) is 0 Å². The Balaban J connectivity index is 1.46. The molecule has 1 aliphatic carbocycles. The van der Waals surface area contributed by atoms with Gasteiger partial charge in [-0.2, -0.15) is 5.10 Å². The molecular weight excluding hydrogens is 476 g/mol. The molecule has 4 aromatic rings. The Labute approximate surface area is 214 Å². The first-order chi connectivity index (χ1) is 17.9. The van der Waals surface area contributed by atoms with Crippen molar-refractivity contribution in [3.8, 4) is 17.0 Å². The summed E-state index contributed by atoms with van der Waals surface area (Å²) in [6.07, 6.45) is 9.75. The van der Waals surface area contributed by atoms with Crippen LogP contribution in [-0.4, -0.2) is 45.9 Å². The number of methoxy groups -OCH3 is 1. The van der Waals surface area contributed by atoms with Crippen molar-refractivity contribution >= 4 is 5.52 Å². The molecule has 0 saturated heterocycles. The molecule has 3 aromatic heterocycles. The predicted octanol–water partition coefficient (Wildman–Crippen LogP) is 4.84. The predicted molar refractivity (Wildman–Crippen MR) is 136 cm³/mol. The number of aromatic nitrogens is 4. The Bertz CT molecular complexity index is 1430. The summed E-state index contributed by atoms with van der Waals surface area (Å²) in [6.45, 7) is 2.61. The smallest absolute Gasteiger partial charge is 0.139 e. The van der Waals surface area contributed by atoms with Gasteiger partial charge in [0.05, 0.1) is 29.6 Å². The molecule has 3 heterocycles. The Kier molecular flexibility index (Phi) is 7.25. The maximum absolute atomic E-state index is 15.0. The number of nitrogens with two attached hydrogens (primary N) is 1. The van der Waals surface area contributed by atoms with Crippen molar-refractivity contribution in [1.29, 1.82) is 0 Å². The largest absolute Gasteiger partial charge is 0.491 e. The van der Waals surface area contributed by atoms with Crippen LogP contribution in [0.25, 0.3) is 16.8 Å². The topological polar surface area (TPSA) is 87.6 Å². The normalized spacial score (nSPS) is 17.7. The summed E-state index contributed by atoms with van der Waals surface area (Å²) in [5.74, 6) is -0.476. The molecule has 0 saturated carbocycles. The van der Waals surface area contributed by atoms with Gasteiger partial charge in [-0.05, 0) is 55.0 Å². The number of hydrogen-bond donors (Lipinski definition) is 1. The molecule has 192 valence electrons. The minimum atomic E-state index is -0.757. The van der Waals surface area contributed by atoms with E-state index in [9.17, 15) is 8.78 Å². The molecule has 1 aromatic carbocycles. The summed E-state index contributed by atoms with van der Waals surface area (Å²) in [5, 5.41) is 4.56. The van der Waals surface area contributed by atoms with Crippen LogP contribution in [0.3, 0.4) is 0 Å². The van der Waals surface area contributed by atoms with Crippen molar-refractivity contribution in [2.24, 2.45) is 5.73 Å². The van der Waals surface area contributed by atoms with E-state index in [1.807, 2.05) is 12.3 Å². The van der Waals surface area contributed by atoms with Gasteiger partial charge in [0.2, 0.25) is 0 Å². The fourth-order valence-corrected chi connectivity index (χ4v) is 5.00. The summed E-state index contributed by atoms with van der Waals surface area (Å²) < 4.78 is 41.8. The maximum atomic E-state index is 15.0. The van der Waals surface area contributed by atoms with Gasteiger partial charge in [-0.1, -0.05) is 11.6 Å². The van der Waals surface area contributed by atoms with Crippen molar-refractivity contribution in [3.05, 3.63) is 89.2 Å². The minimum absolute atomic E-state index is 0.0257. The first-order valence-corrected chi connectivity index (χ1v) is 12.2. The van der Waals surface area contributed by atoms with E-state index in [1.54, 1.807) is 29.0 Å². The second-order valence-corrected chi connectivity index (χ2v) is 9.40. The minimum Gasteiger partial charge on any atom is -0.491 e. The summed E-state index contributed by atoms with van der Waals surface area (Å²) in [5.41, 5.74) is 10.4. The van der Waals surface area contributed by atoms with E-state index in [2.05, 4.69) is 28.1 Å². The van der Waals surface area contributed by atoms with E-state index < -0.39 is 11.6 Å². The average Bonchev–Trinajstić information content (AvgIpc) is 3.25. The number of benzene rings is 1. The number of ether oxygens (including phenoxy) is 2. The summed E-state index contributed by atoms with van der Waals surface area (Å²) in [4.78, 5) is 8.90. The van der Waals surface area contributed by atoms with Crippen molar-refractivity contribution < 1.29 is 18.3 Å². The van der Waals surface area contributed by atoms with Crippen molar-refractivity contribution in [2.75, 3.05) is 20.3 Å². The van der Waals surface area contributed by atoms with Gasteiger partial charge in [0, 0.05) is 44.1 Å². The van der Waals surface area contributed by atoms with Crippen LogP contribution in [0.4, 0.5) is 8.78 Å². The molecule has 9 heteroatoms. The molecule has 2 atom stereocenters. The van der Waals surface area contributed by atoms with Crippen LogP contribution >= 0.6 is 0 Å². The van der Waals surface area contributed by atoms with Gasteiger partial charge in [-0.15, -0.1) is 0 Å². The van der Waals surface area contributed by atoms with Gasteiger partial charge < -0.3 is 15.2 Å². The molecule has 5 rings (SSSR count). The first kappa shape index (κ1) is 25.0. The SMILES string of the molecule is COCCOc1cc(F)c(-c2ccc3cnc(Cc4cnccc4[C@@H]4CC(C)=C[C@H](N)C4)n3n2)c(F)c1. The fraction of sp³-hybridized carbons (Fsp3) is 0.321. The second kappa shape index (κ2) is 10.7. The maximum Gasteiger partial charge on any atom is 0.139 e. The highest BCUT2D eigenvalue weighted by Gasteiger charge is 2.23. The van der Waals surface area contributed by atoms with Crippen LogP contribution in [0, 0.1) is 11.6 Å². The highest BCUT2D eigenvalue weighted by molar-refractivity contribution is 5.64. The van der Waals surface area contributed by atoms with Gasteiger partial charge in [0.1, 0.15) is 29.8 Å². The Morgan fingerprint density at radius 2 is 1.92 bits per heavy atom. The average molecular weight is 506 g/mol. The lowest BCUT2D eigenvalue weighted by atomic mass is 9.80. The van der Waals surface area contributed by atoms with Gasteiger partial charge in [0.15, 0.2) is 0 Å². The van der Waals surface area contributed by atoms with E-state index in [1.165, 1.54) is 18.2 Å². The quantitative estimate of drug-likeness (QED) is 0.273. The number of imidazole rings is 1. The number of halogens is 2. The van der Waals surface area contributed by atoms with Gasteiger partial charge in [-0.25, -0.2) is 18.3 Å². The van der Waals surface area contributed by atoms with Crippen LogP contribution < -0.4 is 10.5 Å². The van der Waals surface area contributed by atoms with Crippen LogP contribution in [0.15, 0.2) is 60.6 Å². The molecule has 0 fully saturated rings. The lowest BCUT2D eigenvalue weighted by Gasteiger charge is -2.27. The third-order valence-corrected chi connectivity index (χ3v) is 6.64. The van der Waals surface area contributed by atoms with Crippen LogP contribution in [-0.2, 0) is 11.2 Å². The van der Waals surface area contributed by atoms with Gasteiger partial charge in [-0.3, -0.25) is 4.98 Å². The third kappa shape index (κ3) is 5.38. The lowest BCUT2D eigenvalue weighted by Crippen LogP contribution is -2.25. The van der Waals surface area contributed by atoms with Crippen molar-refractivity contribution in [3.63, 3.8) is 0 Å². The molecular formula is C28H29F2N5O2. The number of rotatable bonds is 8. The molecule has 0 bridgehead atoms. The summed E-state index contributed by atoms with van der Waals surface area (Å²) >= 11 is 0. The van der Waals surface area contributed by atoms with Crippen LogP contribution in [0.2, 0.25) is 0 Å². The number of fused-ring (bicyclic) bond motifs is 1. The van der Waals surface area contributed by atoms with E-state index in [4.69, 9.17) is 15.2 Å². The second-order valence-electron chi connectivity index (χ2n) is 9.40. The molecule has 7 nitrogen and oxygen atoms in total. The Morgan fingerprint density at radius 3 is 2.68 bits per heavy atom. The molecule has 0 aliphatic heterocycles. The Morgan fingerprint density at radius 1 is 1.11 bits per heavy atom. The first-order valence-electron chi connectivity index (χ1n) is 12.2. The highest BCUT2D eigenvalue weighted by atomic mass is 19.1. The molecule has 0 spiro atoms. The lowest BCUT2D eigenvalue weighted by molar-refractivity contribution is 0.146. The van der Waals surface area contributed by atoms with E-state index in [0.717, 1.165) is 36.1 Å². The zero-order valence-electron chi connectivity index (χ0n) is 20.8. The molecule has 37 heavy (non-hydrogen) atoms. The number of nitrogens with zero attached hydrogens (tertiary/aromatic N) is 4. The van der Waals surface area contributed by atoms with Crippen molar-refractivity contribution in [1.82, 2.24) is 19.6 Å². The number of allylic oxidation sites excluding steroid dienone is 1. The standard InChI is InChI=1S/C28H29F2N5O2/c1-17-9-18(11-20(31)10-17)23-5-6-32-15-19(23)12-27-33-16-21-3-4-26(34-35(21)27)28-24(29)13-22(14-25(28)30)37-8-7-36-2/h3-6,10,13-16,18,20H,7-9,11-12,31H2,1-2H3/t18-,20+/m1/s1. The monoisotopic (exact) mass is 505 g/mol. The third-order valence-electron chi connectivity index (χ3n) is 6.64. The highest BCUT2D eigenvalue weighted by Crippen LogP contribution is 2.35. The number of pyridine rings is 1. The van der Waals surface area contributed by atoms with Crippen LogP contribution in [0.5, 0.6) is 5.75 Å².